The van der Waals surface area contributed by atoms with Crippen LogP contribution in [0.2, 0.25) is 4.34 Å². The van der Waals surface area contributed by atoms with Crippen LogP contribution in [-0.4, -0.2) is 32.2 Å². The molecule has 0 aliphatic heterocycles. The van der Waals surface area contributed by atoms with E-state index >= 15 is 0 Å². The molecule has 0 radical (unpaired) electrons. The van der Waals surface area contributed by atoms with Crippen molar-refractivity contribution in [3.05, 3.63) is 45.9 Å². The van der Waals surface area contributed by atoms with Crippen LogP contribution in [0.3, 0.4) is 0 Å². The minimum Gasteiger partial charge on any atom is -0.455 e. The Labute approximate surface area is 169 Å². The van der Waals surface area contributed by atoms with Gasteiger partial charge in [0.2, 0.25) is 5.82 Å². The summed E-state index contributed by atoms with van der Waals surface area (Å²) in [5, 5.41) is 4.00. The summed E-state index contributed by atoms with van der Waals surface area (Å²) in [6, 6.07) is 5.27. The monoisotopic (exact) mass is 423 g/mol. The van der Waals surface area contributed by atoms with Crippen molar-refractivity contribution in [3.63, 3.8) is 0 Å². The predicted molar refractivity (Wildman–Crippen MR) is 103 cm³/mol. The third-order valence-electron chi connectivity index (χ3n) is 3.49. The summed E-state index contributed by atoms with van der Waals surface area (Å²) >= 11 is 7.29. The van der Waals surface area contributed by atoms with Crippen molar-refractivity contribution in [1.82, 2.24) is 20.1 Å². The fourth-order valence-corrected chi connectivity index (χ4v) is 3.38. The third-order valence-corrected chi connectivity index (χ3v) is 4.74. The van der Waals surface area contributed by atoms with Crippen LogP contribution in [0.15, 0.2) is 28.9 Å². The number of aromatic nitrogens is 3. The van der Waals surface area contributed by atoms with E-state index in [0.717, 1.165) is 4.88 Å². The summed E-state index contributed by atoms with van der Waals surface area (Å²) in [5.41, 5.74) is 1.88. The molecule has 11 heteroatoms. The quantitative estimate of drug-likeness (QED) is 0.279. The molecule has 3 aromatic rings. The van der Waals surface area contributed by atoms with Crippen LogP contribution < -0.4 is 11.3 Å². The number of hydrogen-bond acceptors (Lipinski definition) is 8. The molecule has 28 heavy (non-hydrogen) atoms. The normalized spacial score (nSPS) is 11.5. The number of nitrogens with one attached hydrogen (secondary N) is 1. The van der Waals surface area contributed by atoms with Crippen LogP contribution in [-0.2, 0) is 11.3 Å². The zero-order valence-electron chi connectivity index (χ0n) is 15.4. The van der Waals surface area contributed by atoms with Gasteiger partial charge >= 0.3 is 11.9 Å². The molecule has 0 fully saturated rings. The van der Waals surface area contributed by atoms with E-state index < -0.39 is 17.5 Å². The molecule has 0 saturated heterocycles. The van der Waals surface area contributed by atoms with E-state index in [-0.39, 0.29) is 18.1 Å². The number of carbonyl (C=O) groups is 2. The van der Waals surface area contributed by atoms with Gasteiger partial charge in [0.1, 0.15) is 17.0 Å². The zero-order chi connectivity index (χ0) is 20.5. The Bertz CT molecular complexity index is 1020. The number of amides is 1. The van der Waals surface area contributed by atoms with E-state index in [2.05, 4.69) is 10.1 Å². The highest BCUT2D eigenvalue weighted by molar-refractivity contribution is 7.19. The standard InChI is InChI=1S/C17H18ClN5O4S/c1-17(2,3)26-16(25)10-7-20-14(15(24)21-19)23(10)8-9-6-11(27-22-9)12-4-5-13(18)28-12/h4-7H,8,19H2,1-3H3,(H,21,24). The highest BCUT2D eigenvalue weighted by Gasteiger charge is 2.26. The fourth-order valence-electron chi connectivity index (χ4n) is 2.39. The van der Waals surface area contributed by atoms with Gasteiger partial charge in [0, 0.05) is 6.07 Å². The highest BCUT2D eigenvalue weighted by atomic mass is 35.5. The molecule has 9 nitrogen and oxygen atoms in total. The smallest absolute Gasteiger partial charge is 0.357 e. The second-order valence-corrected chi connectivity index (χ2v) is 8.53. The SMILES string of the molecule is CC(C)(C)OC(=O)c1cnc(C(=O)NN)n1Cc1cc(-c2ccc(Cl)s2)on1. The van der Waals surface area contributed by atoms with E-state index in [1.807, 2.05) is 11.5 Å². The first-order valence-electron chi connectivity index (χ1n) is 8.19. The molecule has 0 atom stereocenters. The van der Waals surface area contributed by atoms with Gasteiger partial charge in [-0.15, -0.1) is 11.3 Å². The number of nitrogens with two attached hydrogens (primary N) is 1. The summed E-state index contributed by atoms with van der Waals surface area (Å²) < 4.78 is 12.7. The first kappa shape index (κ1) is 20.1. The number of rotatable bonds is 5. The molecule has 1 amide bonds. The lowest BCUT2D eigenvalue weighted by Crippen LogP contribution is -2.33. The molecule has 0 unspecified atom stereocenters. The molecule has 3 aromatic heterocycles. The van der Waals surface area contributed by atoms with Gasteiger partial charge in [0.15, 0.2) is 5.76 Å². The van der Waals surface area contributed by atoms with Crippen molar-refractivity contribution in [3.8, 4) is 10.6 Å². The van der Waals surface area contributed by atoms with Gasteiger partial charge in [-0.2, -0.15) is 0 Å². The molecule has 3 N–H and O–H groups in total. The molecular weight excluding hydrogens is 406 g/mol. The van der Waals surface area contributed by atoms with Gasteiger partial charge in [0.05, 0.1) is 22.0 Å². The average Bonchev–Trinajstić information content (AvgIpc) is 3.32. The molecule has 0 aliphatic carbocycles. The lowest BCUT2D eigenvalue weighted by Gasteiger charge is -2.20. The van der Waals surface area contributed by atoms with E-state index in [9.17, 15) is 9.59 Å². The molecule has 0 spiro atoms. The number of halogens is 1. The Morgan fingerprint density at radius 1 is 1.39 bits per heavy atom. The number of nitrogen functional groups attached to an aromatic ring is 1. The molecular formula is C17H18ClN5O4S. The number of imidazole rings is 1. The number of hydrogen-bond donors (Lipinski definition) is 2. The number of hydrazine groups is 1. The van der Waals surface area contributed by atoms with Gasteiger partial charge in [-0.3, -0.25) is 10.2 Å². The second kappa shape index (κ2) is 7.74. The first-order chi connectivity index (χ1) is 13.2. The van der Waals surface area contributed by atoms with Crippen molar-refractivity contribution < 1.29 is 18.8 Å². The molecule has 3 heterocycles. The topological polar surface area (TPSA) is 125 Å². The molecule has 0 aliphatic rings. The van der Waals surface area contributed by atoms with Crippen LogP contribution in [0.4, 0.5) is 0 Å². The Kier molecular flexibility index (Phi) is 5.54. The lowest BCUT2D eigenvalue weighted by atomic mass is 10.2. The minimum atomic E-state index is -0.706. The Morgan fingerprint density at radius 3 is 2.75 bits per heavy atom. The van der Waals surface area contributed by atoms with Gasteiger partial charge < -0.3 is 13.8 Å². The molecule has 0 bridgehead atoms. The van der Waals surface area contributed by atoms with Crippen LogP contribution in [0.5, 0.6) is 0 Å². The van der Waals surface area contributed by atoms with Crippen LogP contribution in [0, 0.1) is 0 Å². The summed E-state index contributed by atoms with van der Waals surface area (Å²) in [5.74, 6) is 4.43. The zero-order valence-corrected chi connectivity index (χ0v) is 16.9. The van der Waals surface area contributed by atoms with E-state index in [1.54, 1.807) is 32.9 Å². The maximum atomic E-state index is 12.5. The van der Waals surface area contributed by atoms with Gasteiger partial charge in [-0.25, -0.2) is 15.6 Å². The number of nitrogens with zero attached hydrogens (tertiary/aromatic N) is 3. The Morgan fingerprint density at radius 2 is 2.14 bits per heavy atom. The molecule has 148 valence electrons. The minimum absolute atomic E-state index is 0.0490. The molecule has 3 rings (SSSR count). The third kappa shape index (κ3) is 4.41. The summed E-state index contributed by atoms with van der Waals surface area (Å²) in [7, 11) is 0. The molecule has 0 aromatic carbocycles. The number of esters is 1. The van der Waals surface area contributed by atoms with Crippen molar-refractivity contribution in [2.24, 2.45) is 5.84 Å². The first-order valence-corrected chi connectivity index (χ1v) is 9.38. The van der Waals surface area contributed by atoms with E-state index in [0.29, 0.717) is 15.8 Å². The largest absolute Gasteiger partial charge is 0.455 e. The van der Waals surface area contributed by atoms with E-state index in [1.165, 1.54) is 22.1 Å². The maximum Gasteiger partial charge on any atom is 0.357 e. The Balaban J connectivity index is 1.93. The Hall–Kier alpha value is -2.69. The van der Waals surface area contributed by atoms with Gasteiger partial charge in [-0.05, 0) is 32.9 Å². The van der Waals surface area contributed by atoms with Crippen LogP contribution >= 0.6 is 22.9 Å². The summed E-state index contributed by atoms with van der Waals surface area (Å²) in [6.45, 7) is 5.29. The van der Waals surface area contributed by atoms with E-state index in [4.69, 9.17) is 26.7 Å². The van der Waals surface area contributed by atoms with Crippen LogP contribution in [0.1, 0.15) is 47.6 Å². The number of ether oxygens (including phenoxy) is 1. The van der Waals surface area contributed by atoms with Gasteiger partial charge in [-0.1, -0.05) is 16.8 Å². The summed E-state index contributed by atoms with van der Waals surface area (Å²) in [4.78, 5) is 29.4. The summed E-state index contributed by atoms with van der Waals surface area (Å²) in [6.07, 6.45) is 1.26. The van der Waals surface area contributed by atoms with Crippen molar-refractivity contribution in [1.29, 1.82) is 0 Å². The predicted octanol–water partition coefficient (Wildman–Crippen LogP) is 2.86. The van der Waals surface area contributed by atoms with Crippen molar-refractivity contribution in [2.45, 2.75) is 32.9 Å². The average molecular weight is 424 g/mol. The number of carbonyl (C=O) groups excluding carboxylic acids is 2. The van der Waals surface area contributed by atoms with Crippen molar-refractivity contribution in [2.75, 3.05) is 0 Å². The lowest BCUT2D eigenvalue weighted by molar-refractivity contribution is 0.00579. The fraction of sp³-hybridized carbons (Fsp3) is 0.294. The highest BCUT2D eigenvalue weighted by Crippen LogP contribution is 2.31. The second-order valence-electron chi connectivity index (χ2n) is 6.81. The molecule has 0 saturated carbocycles. The maximum absolute atomic E-state index is 12.5. The van der Waals surface area contributed by atoms with Crippen LogP contribution in [0.25, 0.3) is 10.6 Å². The van der Waals surface area contributed by atoms with Gasteiger partial charge in [0.25, 0.3) is 0 Å². The van der Waals surface area contributed by atoms with Crippen molar-refractivity contribution >= 4 is 34.8 Å². The number of thiophene rings is 1.